The van der Waals surface area contributed by atoms with Crippen LogP contribution in [0, 0.1) is 6.92 Å². The van der Waals surface area contributed by atoms with E-state index in [4.69, 9.17) is 4.74 Å². The van der Waals surface area contributed by atoms with E-state index in [-0.39, 0.29) is 0 Å². The second kappa shape index (κ2) is 5.48. The highest BCUT2D eigenvalue weighted by molar-refractivity contribution is 5.38. The third-order valence-corrected chi connectivity index (χ3v) is 3.83. The Kier molecular flexibility index (Phi) is 3.54. The van der Waals surface area contributed by atoms with E-state index < -0.39 is 0 Å². The molecule has 0 radical (unpaired) electrons. The maximum Gasteiger partial charge on any atom is 0.119 e. The second-order valence-electron chi connectivity index (χ2n) is 5.37. The van der Waals surface area contributed by atoms with Crippen molar-refractivity contribution in [1.82, 2.24) is 0 Å². The van der Waals surface area contributed by atoms with Crippen molar-refractivity contribution in [3.05, 3.63) is 64.7 Å². The molecule has 0 unspecified atom stereocenters. The maximum atomic E-state index is 5.75. The van der Waals surface area contributed by atoms with Crippen molar-refractivity contribution in [3.8, 4) is 5.75 Å². The molecule has 0 fully saturated rings. The van der Waals surface area contributed by atoms with Crippen molar-refractivity contribution in [1.29, 1.82) is 0 Å². The Morgan fingerprint density at radius 3 is 2.42 bits per heavy atom. The van der Waals surface area contributed by atoms with Crippen LogP contribution in [-0.4, -0.2) is 6.61 Å². The molecule has 0 saturated carbocycles. The fraction of sp³-hybridized carbons (Fsp3) is 0.333. The standard InChI is InChI=1S/C18H20O/c1-14-4-10-18(11-5-14)19-12-2-3-15-6-7-16-8-9-17(16)13-15/h4-7,10-11,13H,2-3,8-9,12H2,1H3. The zero-order valence-electron chi connectivity index (χ0n) is 11.5. The van der Waals surface area contributed by atoms with Gasteiger partial charge in [0.25, 0.3) is 0 Å². The molecule has 0 aromatic heterocycles. The molecule has 3 rings (SSSR count). The molecule has 2 aromatic rings. The molecule has 0 heterocycles. The van der Waals surface area contributed by atoms with Crippen LogP contribution in [0.25, 0.3) is 0 Å². The summed E-state index contributed by atoms with van der Waals surface area (Å²) in [5, 5.41) is 0. The number of fused-ring (bicyclic) bond motifs is 1. The van der Waals surface area contributed by atoms with E-state index in [0.717, 1.165) is 25.2 Å². The van der Waals surface area contributed by atoms with Crippen molar-refractivity contribution in [3.63, 3.8) is 0 Å². The van der Waals surface area contributed by atoms with Gasteiger partial charge >= 0.3 is 0 Å². The SMILES string of the molecule is Cc1ccc(OCCCc2ccc3c(c2)CC3)cc1. The average Bonchev–Trinajstić information content (AvgIpc) is 2.39. The zero-order valence-corrected chi connectivity index (χ0v) is 11.5. The first kappa shape index (κ1) is 12.3. The molecule has 1 aliphatic carbocycles. The number of ether oxygens (including phenoxy) is 1. The van der Waals surface area contributed by atoms with Crippen LogP contribution < -0.4 is 4.74 Å². The first-order valence-corrected chi connectivity index (χ1v) is 7.11. The minimum Gasteiger partial charge on any atom is -0.494 e. The van der Waals surface area contributed by atoms with E-state index in [9.17, 15) is 0 Å². The van der Waals surface area contributed by atoms with Gasteiger partial charge in [0.1, 0.15) is 5.75 Å². The van der Waals surface area contributed by atoms with Crippen molar-refractivity contribution in [2.24, 2.45) is 0 Å². The fourth-order valence-corrected chi connectivity index (χ4v) is 2.50. The van der Waals surface area contributed by atoms with Gasteiger partial charge in [0.15, 0.2) is 0 Å². The van der Waals surface area contributed by atoms with Crippen LogP contribution in [0.1, 0.15) is 28.7 Å². The average molecular weight is 252 g/mol. The van der Waals surface area contributed by atoms with Gasteiger partial charge in [0, 0.05) is 0 Å². The third-order valence-electron chi connectivity index (χ3n) is 3.83. The summed E-state index contributed by atoms with van der Waals surface area (Å²) in [6.07, 6.45) is 4.72. The Balaban J connectivity index is 1.45. The summed E-state index contributed by atoms with van der Waals surface area (Å²) in [5.41, 5.74) is 5.82. The predicted molar refractivity (Wildman–Crippen MR) is 78.8 cm³/mol. The van der Waals surface area contributed by atoms with Gasteiger partial charge in [-0.3, -0.25) is 0 Å². The van der Waals surface area contributed by atoms with Crippen LogP contribution in [0.15, 0.2) is 42.5 Å². The van der Waals surface area contributed by atoms with Crippen molar-refractivity contribution in [2.75, 3.05) is 6.61 Å². The molecule has 0 bridgehead atoms. The molecule has 1 heteroatoms. The summed E-state index contributed by atoms with van der Waals surface area (Å²) in [7, 11) is 0. The molecule has 0 amide bonds. The molecule has 0 saturated heterocycles. The number of hydrogen-bond donors (Lipinski definition) is 0. The number of aryl methyl sites for hydroxylation is 4. The van der Waals surface area contributed by atoms with Gasteiger partial charge in [-0.2, -0.15) is 0 Å². The lowest BCUT2D eigenvalue weighted by molar-refractivity contribution is 0.311. The molecule has 0 spiro atoms. The van der Waals surface area contributed by atoms with Crippen molar-refractivity contribution in [2.45, 2.75) is 32.6 Å². The minimum absolute atomic E-state index is 0.792. The Morgan fingerprint density at radius 1 is 0.947 bits per heavy atom. The summed E-state index contributed by atoms with van der Waals surface area (Å²) in [6, 6.07) is 15.2. The summed E-state index contributed by atoms with van der Waals surface area (Å²) < 4.78 is 5.75. The van der Waals surface area contributed by atoms with Crippen LogP contribution in [0.4, 0.5) is 0 Å². The normalized spacial score (nSPS) is 12.7. The first-order valence-electron chi connectivity index (χ1n) is 7.11. The van der Waals surface area contributed by atoms with E-state index in [0.29, 0.717) is 0 Å². The Hall–Kier alpha value is -1.76. The van der Waals surface area contributed by atoms with Gasteiger partial charge in [0.05, 0.1) is 6.61 Å². The van der Waals surface area contributed by atoms with Crippen LogP contribution >= 0.6 is 0 Å². The highest BCUT2D eigenvalue weighted by atomic mass is 16.5. The van der Waals surface area contributed by atoms with E-state index >= 15 is 0 Å². The highest BCUT2D eigenvalue weighted by Crippen LogP contribution is 2.24. The van der Waals surface area contributed by atoms with Gasteiger partial charge in [-0.05, 0) is 61.4 Å². The molecular formula is C18H20O. The molecule has 0 aliphatic heterocycles. The van der Waals surface area contributed by atoms with E-state index in [1.807, 2.05) is 12.1 Å². The van der Waals surface area contributed by atoms with Crippen molar-refractivity contribution >= 4 is 0 Å². The lowest BCUT2D eigenvalue weighted by Gasteiger charge is -2.19. The Labute approximate surface area is 115 Å². The summed E-state index contributed by atoms with van der Waals surface area (Å²) in [5.74, 6) is 0.975. The minimum atomic E-state index is 0.792. The molecule has 0 N–H and O–H groups in total. The summed E-state index contributed by atoms with van der Waals surface area (Å²) in [6.45, 7) is 2.88. The maximum absolute atomic E-state index is 5.75. The Morgan fingerprint density at radius 2 is 1.74 bits per heavy atom. The van der Waals surface area contributed by atoms with E-state index in [1.54, 1.807) is 11.1 Å². The predicted octanol–water partition coefficient (Wildman–Crippen LogP) is 4.11. The van der Waals surface area contributed by atoms with Gasteiger partial charge in [-0.25, -0.2) is 0 Å². The summed E-state index contributed by atoms with van der Waals surface area (Å²) >= 11 is 0. The molecule has 1 nitrogen and oxygen atoms in total. The lowest BCUT2D eigenvalue weighted by Crippen LogP contribution is -2.08. The highest BCUT2D eigenvalue weighted by Gasteiger charge is 2.12. The monoisotopic (exact) mass is 252 g/mol. The third kappa shape index (κ3) is 2.98. The zero-order chi connectivity index (χ0) is 13.1. The molecule has 0 atom stereocenters. The molecule has 1 aliphatic rings. The largest absolute Gasteiger partial charge is 0.494 e. The molecule has 19 heavy (non-hydrogen) atoms. The Bertz CT molecular complexity index is 554. The van der Waals surface area contributed by atoms with Gasteiger partial charge < -0.3 is 4.74 Å². The van der Waals surface area contributed by atoms with Gasteiger partial charge in [0.2, 0.25) is 0 Å². The van der Waals surface area contributed by atoms with Crippen molar-refractivity contribution < 1.29 is 4.74 Å². The van der Waals surface area contributed by atoms with Crippen LogP contribution in [0.5, 0.6) is 5.75 Å². The second-order valence-corrected chi connectivity index (χ2v) is 5.37. The quantitative estimate of drug-likeness (QED) is 0.728. The summed E-state index contributed by atoms with van der Waals surface area (Å²) in [4.78, 5) is 0. The van der Waals surface area contributed by atoms with E-state index in [2.05, 4.69) is 37.3 Å². The van der Waals surface area contributed by atoms with Crippen LogP contribution in [0.2, 0.25) is 0 Å². The van der Waals surface area contributed by atoms with Gasteiger partial charge in [-0.15, -0.1) is 0 Å². The van der Waals surface area contributed by atoms with E-state index in [1.165, 1.54) is 24.0 Å². The molecular weight excluding hydrogens is 232 g/mol. The van der Waals surface area contributed by atoms with Gasteiger partial charge in [-0.1, -0.05) is 35.9 Å². The smallest absolute Gasteiger partial charge is 0.119 e. The number of rotatable bonds is 5. The molecule has 98 valence electrons. The lowest BCUT2D eigenvalue weighted by atomic mass is 9.87. The number of benzene rings is 2. The van der Waals surface area contributed by atoms with Crippen LogP contribution in [-0.2, 0) is 19.3 Å². The topological polar surface area (TPSA) is 9.23 Å². The first-order chi connectivity index (χ1) is 9.31. The van der Waals surface area contributed by atoms with Crippen LogP contribution in [0.3, 0.4) is 0 Å². The number of hydrogen-bond acceptors (Lipinski definition) is 1. The molecule has 2 aromatic carbocycles. The fourth-order valence-electron chi connectivity index (χ4n) is 2.50.